The summed E-state index contributed by atoms with van der Waals surface area (Å²) in [6.45, 7) is 6.15. The molecule has 0 bridgehead atoms. The Morgan fingerprint density at radius 3 is 1.94 bits per heavy atom. The molecule has 0 saturated heterocycles. The third-order valence-electron chi connectivity index (χ3n) is 1.62. The second-order valence-electron chi connectivity index (χ2n) is 4.02. The highest BCUT2D eigenvalue weighted by Gasteiger charge is 2.36. The van der Waals surface area contributed by atoms with Crippen LogP contribution in [0, 0.1) is 0 Å². The predicted molar refractivity (Wildman–Crippen MR) is 60.3 cm³/mol. The lowest BCUT2D eigenvalue weighted by Crippen LogP contribution is -2.39. The molecule has 0 saturated carbocycles. The van der Waals surface area contributed by atoms with Gasteiger partial charge >= 0.3 is 11.9 Å². The van der Waals surface area contributed by atoms with Gasteiger partial charge in [0.25, 0.3) is 0 Å². The van der Waals surface area contributed by atoms with Gasteiger partial charge in [0.15, 0.2) is 6.04 Å². The van der Waals surface area contributed by atoms with E-state index in [1.54, 1.807) is 13.8 Å². The van der Waals surface area contributed by atoms with Crippen LogP contribution in [0.2, 0.25) is 0 Å². The molecule has 18 heavy (non-hydrogen) atoms. The van der Waals surface area contributed by atoms with Crippen molar-refractivity contribution in [3.8, 4) is 0 Å². The molecule has 0 aliphatic carbocycles. The average molecular weight is 261 g/mol. The molecule has 0 amide bonds. The van der Waals surface area contributed by atoms with E-state index in [2.05, 4.69) is 19.5 Å². The number of alkyl halides is 1. The molecule has 0 N–H and O–H groups in total. The number of hydrogen-bond donors (Lipinski definition) is 0. The summed E-state index contributed by atoms with van der Waals surface area (Å²) in [7, 11) is 0. The lowest BCUT2D eigenvalue weighted by molar-refractivity contribution is -0.162. The van der Waals surface area contributed by atoms with Crippen LogP contribution < -0.4 is 0 Å². The molecular weight excluding hydrogens is 245 g/mol. The Morgan fingerprint density at radius 1 is 1.11 bits per heavy atom. The van der Waals surface area contributed by atoms with Crippen LogP contribution in [0.1, 0.15) is 27.7 Å². The van der Waals surface area contributed by atoms with Crippen LogP contribution in [0.4, 0.5) is 4.39 Å². The van der Waals surface area contributed by atoms with Crippen molar-refractivity contribution < 1.29 is 23.5 Å². The first-order valence-electron chi connectivity index (χ1n) is 5.38. The topological polar surface area (TPSA) is 101 Å². The molecule has 0 unspecified atom stereocenters. The van der Waals surface area contributed by atoms with Crippen LogP contribution in [0.5, 0.6) is 0 Å². The SMILES string of the molecule is CC(C)OC(=O)[C@H](F)[C@@H](N=[N+]=[N-])C(=O)OC(C)C. The van der Waals surface area contributed by atoms with Gasteiger partial charge in [-0.25, -0.2) is 9.18 Å². The Kier molecular flexibility index (Phi) is 6.74. The van der Waals surface area contributed by atoms with Crippen LogP contribution in [-0.2, 0) is 19.1 Å². The van der Waals surface area contributed by atoms with E-state index in [0.717, 1.165) is 0 Å². The summed E-state index contributed by atoms with van der Waals surface area (Å²) in [5, 5.41) is 2.94. The second-order valence-corrected chi connectivity index (χ2v) is 4.02. The molecule has 0 heterocycles. The third-order valence-corrected chi connectivity index (χ3v) is 1.62. The molecule has 8 heteroatoms. The second kappa shape index (κ2) is 7.50. The van der Waals surface area contributed by atoms with E-state index in [0.29, 0.717) is 0 Å². The molecule has 0 radical (unpaired) electrons. The monoisotopic (exact) mass is 261 g/mol. The number of hydrogen-bond acceptors (Lipinski definition) is 5. The third kappa shape index (κ3) is 5.49. The minimum atomic E-state index is -2.38. The zero-order valence-electron chi connectivity index (χ0n) is 10.7. The van der Waals surface area contributed by atoms with Gasteiger partial charge in [-0.15, -0.1) is 0 Å². The van der Waals surface area contributed by atoms with Crippen molar-refractivity contribution in [1.82, 2.24) is 0 Å². The molecule has 0 fully saturated rings. The molecule has 0 aromatic carbocycles. The first-order chi connectivity index (χ1) is 8.29. The van der Waals surface area contributed by atoms with E-state index < -0.39 is 36.4 Å². The van der Waals surface area contributed by atoms with Gasteiger partial charge in [-0.05, 0) is 33.2 Å². The maximum atomic E-state index is 13.7. The highest BCUT2D eigenvalue weighted by molar-refractivity contribution is 5.86. The summed E-state index contributed by atoms with van der Waals surface area (Å²) in [6, 6.07) is -1.87. The lowest BCUT2D eigenvalue weighted by Gasteiger charge is -2.17. The van der Waals surface area contributed by atoms with Crippen molar-refractivity contribution in [3.05, 3.63) is 10.4 Å². The van der Waals surface area contributed by atoms with Crippen molar-refractivity contribution in [1.29, 1.82) is 0 Å². The summed E-state index contributed by atoms with van der Waals surface area (Å²) >= 11 is 0. The highest BCUT2D eigenvalue weighted by atomic mass is 19.1. The quantitative estimate of drug-likeness (QED) is 0.315. The van der Waals surface area contributed by atoms with E-state index in [4.69, 9.17) is 5.53 Å². The van der Waals surface area contributed by atoms with Gasteiger partial charge in [0.1, 0.15) is 0 Å². The van der Waals surface area contributed by atoms with Gasteiger partial charge in [0, 0.05) is 4.91 Å². The van der Waals surface area contributed by atoms with Gasteiger partial charge in [0.05, 0.1) is 12.2 Å². The molecule has 0 spiro atoms. The Hall–Kier alpha value is -1.82. The molecule has 102 valence electrons. The minimum absolute atomic E-state index is 0.512. The zero-order valence-corrected chi connectivity index (χ0v) is 10.7. The van der Waals surface area contributed by atoms with E-state index in [9.17, 15) is 14.0 Å². The van der Waals surface area contributed by atoms with Crippen molar-refractivity contribution in [2.75, 3.05) is 0 Å². The molecule has 0 aromatic rings. The minimum Gasteiger partial charge on any atom is -0.463 e. The largest absolute Gasteiger partial charge is 0.463 e. The summed E-state index contributed by atoms with van der Waals surface area (Å²) < 4.78 is 22.9. The molecule has 7 nitrogen and oxygen atoms in total. The fourth-order valence-electron chi connectivity index (χ4n) is 1.01. The van der Waals surface area contributed by atoms with Crippen LogP contribution in [-0.4, -0.2) is 36.4 Å². The Bertz CT molecular complexity index is 353. The van der Waals surface area contributed by atoms with Gasteiger partial charge in [0.2, 0.25) is 6.17 Å². The van der Waals surface area contributed by atoms with Crippen LogP contribution >= 0.6 is 0 Å². The standard InChI is InChI=1S/C10H16FN3O4/c1-5(2)17-9(15)7(11)8(13-14-12)10(16)18-6(3)4/h5-8H,1-4H3/t7-,8-/m1/s1. The molecule has 0 aliphatic heterocycles. The normalized spacial score (nSPS) is 13.7. The van der Waals surface area contributed by atoms with Crippen LogP contribution in [0.15, 0.2) is 5.11 Å². The number of nitrogens with zero attached hydrogens (tertiary/aromatic N) is 3. The van der Waals surface area contributed by atoms with Crippen molar-refractivity contribution in [2.45, 2.75) is 52.1 Å². The average Bonchev–Trinajstić information content (AvgIpc) is 2.22. The predicted octanol–water partition coefficient (Wildman–Crippen LogP) is 1.91. The maximum absolute atomic E-state index is 13.7. The van der Waals surface area contributed by atoms with Crippen molar-refractivity contribution in [3.63, 3.8) is 0 Å². The molecule has 2 atom stereocenters. The van der Waals surface area contributed by atoms with Crippen LogP contribution in [0.25, 0.3) is 10.4 Å². The molecule has 0 aromatic heterocycles. The van der Waals surface area contributed by atoms with E-state index in [1.165, 1.54) is 13.8 Å². The number of halogens is 1. The van der Waals surface area contributed by atoms with E-state index in [1.807, 2.05) is 0 Å². The molecular formula is C10H16FN3O4. The van der Waals surface area contributed by atoms with Gasteiger partial charge in [-0.2, -0.15) is 0 Å². The lowest BCUT2D eigenvalue weighted by atomic mass is 10.2. The summed E-state index contributed by atoms with van der Waals surface area (Å²) in [5.41, 5.74) is 8.26. The Labute approximate surface area is 104 Å². The Balaban J connectivity index is 4.83. The number of ether oxygens (including phenoxy) is 2. The van der Waals surface area contributed by atoms with E-state index in [-0.39, 0.29) is 0 Å². The summed E-state index contributed by atoms with van der Waals surface area (Å²) in [6.07, 6.45) is -3.43. The molecule has 0 aliphatic rings. The number of carbonyl (C=O) groups excluding carboxylic acids is 2. The molecule has 0 rings (SSSR count). The van der Waals surface area contributed by atoms with Crippen LogP contribution in [0.3, 0.4) is 0 Å². The van der Waals surface area contributed by atoms with Crippen molar-refractivity contribution >= 4 is 11.9 Å². The number of carbonyl (C=O) groups is 2. The number of azide groups is 1. The highest BCUT2D eigenvalue weighted by Crippen LogP contribution is 2.11. The van der Waals surface area contributed by atoms with Gasteiger partial charge < -0.3 is 9.47 Å². The number of esters is 2. The van der Waals surface area contributed by atoms with Gasteiger partial charge in [-0.3, -0.25) is 4.79 Å². The van der Waals surface area contributed by atoms with Crippen molar-refractivity contribution in [2.24, 2.45) is 5.11 Å². The van der Waals surface area contributed by atoms with Gasteiger partial charge in [-0.1, -0.05) is 5.11 Å². The number of rotatable bonds is 6. The Morgan fingerprint density at radius 2 is 1.56 bits per heavy atom. The first-order valence-corrected chi connectivity index (χ1v) is 5.38. The van der Waals surface area contributed by atoms with E-state index >= 15 is 0 Å². The maximum Gasteiger partial charge on any atom is 0.342 e. The first kappa shape index (κ1) is 16.2. The summed E-state index contributed by atoms with van der Waals surface area (Å²) in [4.78, 5) is 25.0. The summed E-state index contributed by atoms with van der Waals surface area (Å²) in [5.74, 6) is -2.36. The fraction of sp³-hybridized carbons (Fsp3) is 0.800. The zero-order chi connectivity index (χ0) is 14.3. The fourth-order valence-corrected chi connectivity index (χ4v) is 1.01. The smallest absolute Gasteiger partial charge is 0.342 e.